The van der Waals surface area contributed by atoms with Crippen molar-refractivity contribution in [2.24, 2.45) is 0 Å². The fraction of sp³-hybridized carbons (Fsp3) is 0.500. The summed E-state index contributed by atoms with van der Waals surface area (Å²) in [7, 11) is 0. The van der Waals surface area contributed by atoms with Crippen molar-refractivity contribution in [2.45, 2.75) is 30.9 Å². The van der Waals surface area contributed by atoms with Crippen LogP contribution in [0.25, 0.3) is 0 Å². The number of carboxylic acid groups (broad SMARTS) is 1. The fourth-order valence-electron chi connectivity index (χ4n) is 3.02. The number of ether oxygens (including phenoxy) is 2. The first-order chi connectivity index (χ1) is 10.6. The minimum absolute atomic E-state index is 0.0101. The third kappa shape index (κ3) is 2.84. The van der Waals surface area contributed by atoms with Crippen molar-refractivity contribution in [3.8, 4) is 0 Å². The maximum Gasteiger partial charge on any atom is 0.331 e. The molecule has 1 amide bonds. The van der Waals surface area contributed by atoms with E-state index in [1.807, 2.05) is 24.3 Å². The second kappa shape index (κ2) is 6.06. The highest BCUT2D eigenvalue weighted by atomic mass is 16.5. The van der Waals surface area contributed by atoms with E-state index in [0.29, 0.717) is 13.2 Å². The molecule has 1 fully saturated rings. The average Bonchev–Trinajstić information content (AvgIpc) is 2.97. The van der Waals surface area contributed by atoms with Crippen LogP contribution in [-0.2, 0) is 25.5 Å². The SMILES string of the molecule is O=C(CC1OCCc2ccccc21)NC1(C(=O)O)CCOC1. The first-order valence-electron chi connectivity index (χ1n) is 7.42. The summed E-state index contributed by atoms with van der Waals surface area (Å²) in [6.07, 6.45) is 0.918. The van der Waals surface area contributed by atoms with E-state index in [2.05, 4.69) is 5.32 Å². The summed E-state index contributed by atoms with van der Waals surface area (Å²) in [6, 6.07) is 7.88. The number of carboxylic acids is 1. The van der Waals surface area contributed by atoms with Crippen LogP contribution in [-0.4, -0.2) is 42.3 Å². The summed E-state index contributed by atoms with van der Waals surface area (Å²) in [6.45, 7) is 0.924. The Morgan fingerprint density at radius 2 is 2.14 bits per heavy atom. The number of hydrogen-bond acceptors (Lipinski definition) is 4. The zero-order chi connectivity index (χ0) is 15.6. The highest BCUT2D eigenvalue weighted by Crippen LogP contribution is 2.30. The number of amides is 1. The highest BCUT2D eigenvalue weighted by molar-refractivity contribution is 5.87. The highest BCUT2D eigenvalue weighted by Gasteiger charge is 2.44. The molecule has 0 saturated carbocycles. The Balaban J connectivity index is 1.69. The van der Waals surface area contributed by atoms with Crippen LogP contribution in [0.15, 0.2) is 24.3 Å². The van der Waals surface area contributed by atoms with Crippen molar-refractivity contribution in [3.05, 3.63) is 35.4 Å². The second-order valence-corrected chi connectivity index (χ2v) is 5.75. The van der Waals surface area contributed by atoms with Crippen LogP contribution >= 0.6 is 0 Å². The molecule has 2 N–H and O–H groups in total. The van der Waals surface area contributed by atoms with Crippen LogP contribution in [0.4, 0.5) is 0 Å². The molecule has 0 radical (unpaired) electrons. The van der Waals surface area contributed by atoms with Crippen LogP contribution < -0.4 is 5.32 Å². The average molecular weight is 305 g/mol. The van der Waals surface area contributed by atoms with Gasteiger partial charge in [0.05, 0.1) is 25.7 Å². The van der Waals surface area contributed by atoms with Gasteiger partial charge in [-0.1, -0.05) is 24.3 Å². The summed E-state index contributed by atoms with van der Waals surface area (Å²) in [4.78, 5) is 23.7. The molecule has 0 aliphatic carbocycles. The van der Waals surface area contributed by atoms with Gasteiger partial charge in [-0.05, 0) is 17.5 Å². The lowest BCUT2D eigenvalue weighted by atomic mass is 9.94. The van der Waals surface area contributed by atoms with E-state index in [1.54, 1.807) is 0 Å². The number of carbonyl (C=O) groups is 2. The first kappa shape index (κ1) is 15.0. The largest absolute Gasteiger partial charge is 0.479 e. The minimum Gasteiger partial charge on any atom is -0.479 e. The van der Waals surface area contributed by atoms with Gasteiger partial charge in [-0.15, -0.1) is 0 Å². The third-order valence-corrected chi connectivity index (χ3v) is 4.27. The van der Waals surface area contributed by atoms with Crippen molar-refractivity contribution >= 4 is 11.9 Å². The van der Waals surface area contributed by atoms with E-state index < -0.39 is 11.5 Å². The monoisotopic (exact) mass is 305 g/mol. The van der Waals surface area contributed by atoms with Crippen LogP contribution in [0, 0.1) is 0 Å². The van der Waals surface area contributed by atoms with Crippen molar-refractivity contribution < 1.29 is 24.2 Å². The van der Waals surface area contributed by atoms with Crippen molar-refractivity contribution in [3.63, 3.8) is 0 Å². The van der Waals surface area contributed by atoms with Gasteiger partial charge in [-0.3, -0.25) is 4.79 Å². The molecule has 2 unspecified atom stereocenters. The summed E-state index contributed by atoms with van der Waals surface area (Å²) < 4.78 is 10.8. The van der Waals surface area contributed by atoms with Crippen molar-refractivity contribution in [1.29, 1.82) is 0 Å². The molecular formula is C16H19NO5. The quantitative estimate of drug-likeness (QED) is 0.868. The molecule has 0 aromatic heterocycles. The van der Waals surface area contributed by atoms with Gasteiger partial charge >= 0.3 is 5.97 Å². The molecule has 6 heteroatoms. The van der Waals surface area contributed by atoms with Gasteiger partial charge in [0.25, 0.3) is 0 Å². The summed E-state index contributed by atoms with van der Waals surface area (Å²) in [5.41, 5.74) is 0.894. The predicted octanol–water partition coefficient (Wildman–Crippen LogP) is 1.05. The van der Waals surface area contributed by atoms with Gasteiger partial charge in [0.1, 0.15) is 0 Å². The molecule has 6 nitrogen and oxygen atoms in total. The number of nitrogens with one attached hydrogen (secondary N) is 1. The lowest BCUT2D eigenvalue weighted by molar-refractivity contribution is -0.148. The van der Waals surface area contributed by atoms with Crippen LogP contribution in [0.3, 0.4) is 0 Å². The Bertz CT molecular complexity index is 580. The molecule has 0 spiro atoms. The standard InChI is InChI=1S/C16H19NO5/c18-14(17-16(15(19)20)6-8-21-10-16)9-13-12-4-2-1-3-11(12)5-7-22-13/h1-4,13H,5-10H2,(H,17,18)(H,19,20). The number of rotatable bonds is 4. The molecule has 22 heavy (non-hydrogen) atoms. The number of benzene rings is 1. The van der Waals surface area contributed by atoms with Crippen LogP contribution in [0.2, 0.25) is 0 Å². The molecule has 2 aliphatic heterocycles. The molecule has 1 aromatic rings. The van der Waals surface area contributed by atoms with Crippen molar-refractivity contribution in [2.75, 3.05) is 19.8 Å². The molecule has 2 heterocycles. The predicted molar refractivity (Wildman–Crippen MR) is 77.4 cm³/mol. The van der Waals surface area contributed by atoms with Gasteiger partial charge < -0.3 is 19.9 Å². The zero-order valence-corrected chi connectivity index (χ0v) is 12.2. The summed E-state index contributed by atoms with van der Waals surface area (Å²) >= 11 is 0. The number of carbonyl (C=O) groups excluding carboxylic acids is 1. The third-order valence-electron chi connectivity index (χ3n) is 4.27. The maximum absolute atomic E-state index is 12.3. The Labute approximate surface area is 128 Å². The van der Waals surface area contributed by atoms with E-state index in [1.165, 1.54) is 5.56 Å². The minimum atomic E-state index is -1.30. The lowest BCUT2D eigenvalue weighted by Crippen LogP contribution is -2.55. The first-order valence-corrected chi connectivity index (χ1v) is 7.42. The van der Waals surface area contributed by atoms with E-state index in [0.717, 1.165) is 12.0 Å². The van der Waals surface area contributed by atoms with E-state index in [4.69, 9.17) is 9.47 Å². The Hall–Kier alpha value is -1.92. The molecule has 0 bridgehead atoms. The van der Waals surface area contributed by atoms with Crippen molar-refractivity contribution in [1.82, 2.24) is 5.32 Å². The molecule has 2 aliphatic rings. The summed E-state index contributed by atoms with van der Waals surface area (Å²) in [5, 5.41) is 12.0. The van der Waals surface area contributed by atoms with Gasteiger partial charge in [0.15, 0.2) is 5.54 Å². The molecule has 118 valence electrons. The summed E-state index contributed by atoms with van der Waals surface area (Å²) in [5.74, 6) is -1.38. The lowest BCUT2D eigenvalue weighted by Gasteiger charge is -2.28. The Morgan fingerprint density at radius 3 is 2.86 bits per heavy atom. The van der Waals surface area contributed by atoms with E-state index in [9.17, 15) is 14.7 Å². The zero-order valence-electron chi connectivity index (χ0n) is 12.2. The fourth-order valence-corrected chi connectivity index (χ4v) is 3.02. The number of fused-ring (bicyclic) bond motifs is 1. The molecule has 1 saturated heterocycles. The van der Waals surface area contributed by atoms with E-state index in [-0.39, 0.29) is 31.5 Å². The molecule has 2 atom stereocenters. The Kier molecular flexibility index (Phi) is 4.13. The molecular weight excluding hydrogens is 286 g/mol. The van der Waals surface area contributed by atoms with E-state index >= 15 is 0 Å². The van der Waals surface area contributed by atoms with Gasteiger partial charge in [0, 0.05) is 13.0 Å². The van der Waals surface area contributed by atoms with Gasteiger partial charge in [-0.2, -0.15) is 0 Å². The number of hydrogen-bond donors (Lipinski definition) is 2. The molecule has 3 rings (SSSR count). The Morgan fingerprint density at radius 1 is 1.32 bits per heavy atom. The van der Waals surface area contributed by atoms with Gasteiger partial charge in [-0.25, -0.2) is 4.79 Å². The normalized spacial score (nSPS) is 27.2. The van der Waals surface area contributed by atoms with Crippen LogP contribution in [0.5, 0.6) is 0 Å². The van der Waals surface area contributed by atoms with Gasteiger partial charge in [0.2, 0.25) is 5.91 Å². The smallest absolute Gasteiger partial charge is 0.331 e. The second-order valence-electron chi connectivity index (χ2n) is 5.75. The number of aliphatic carboxylic acids is 1. The van der Waals surface area contributed by atoms with Crippen LogP contribution in [0.1, 0.15) is 30.1 Å². The molecule has 1 aromatic carbocycles. The maximum atomic E-state index is 12.3. The topological polar surface area (TPSA) is 84.9 Å².